The number of ether oxygens (including phenoxy) is 1. The van der Waals surface area contributed by atoms with E-state index in [1.165, 1.54) is 7.11 Å². The van der Waals surface area contributed by atoms with Crippen LogP contribution >= 0.6 is 0 Å². The fourth-order valence-electron chi connectivity index (χ4n) is 5.30. The number of rotatable bonds is 12. The minimum Gasteiger partial charge on any atom is -0.452 e. The summed E-state index contributed by atoms with van der Waals surface area (Å²) in [4.78, 5) is 21.3. The fraction of sp³-hybridized carbons (Fsp3) is 0.595. The van der Waals surface area contributed by atoms with E-state index in [1.54, 1.807) is 25.0 Å². The number of carbonyl (C=O) groups is 1. The molecule has 7 nitrogen and oxygen atoms in total. The number of aliphatic imine (C=N–C) groups is 1. The van der Waals surface area contributed by atoms with Crippen LogP contribution in [0, 0.1) is 41.9 Å². The molecule has 1 aliphatic rings. The van der Waals surface area contributed by atoms with Crippen LogP contribution < -0.4 is 4.90 Å². The summed E-state index contributed by atoms with van der Waals surface area (Å²) in [6.07, 6.45) is 19.7. The van der Waals surface area contributed by atoms with Crippen LogP contribution in [-0.2, 0) is 4.74 Å². The molecule has 1 aromatic rings. The molecule has 2 rings (SSSR count). The predicted molar refractivity (Wildman–Crippen MR) is 186 cm³/mol. The van der Waals surface area contributed by atoms with E-state index in [9.17, 15) is 19.6 Å². The van der Waals surface area contributed by atoms with E-state index in [0.717, 1.165) is 62.7 Å². The number of allylic oxidation sites excluding steroid dienone is 2. The number of carbonyl (C=O) groups excluding carboxylic acids is 1. The molecule has 0 aromatic heterocycles. The molecule has 1 amide bonds. The van der Waals surface area contributed by atoms with Crippen LogP contribution in [0.4, 0.5) is 14.9 Å². The maximum absolute atomic E-state index is 12.8. The number of terminal acetylenes is 1. The van der Waals surface area contributed by atoms with Crippen molar-refractivity contribution in [3.63, 3.8) is 0 Å². The van der Waals surface area contributed by atoms with E-state index >= 15 is 0 Å². The van der Waals surface area contributed by atoms with Gasteiger partial charge in [0.1, 0.15) is 5.82 Å². The Hall–Kier alpha value is -3.62. The van der Waals surface area contributed by atoms with Gasteiger partial charge in [-0.1, -0.05) is 45.8 Å². The molecule has 1 saturated carbocycles. The third-order valence-corrected chi connectivity index (χ3v) is 7.50. The Morgan fingerprint density at radius 2 is 2.00 bits per heavy atom. The Labute approximate surface area is 272 Å². The van der Waals surface area contributed by atoms with Crippen molar-refractivity contribution in [3.05, 3.63) is 53.5 Å². The number of hydrogen-bond acceptors (Lipinski definition) is 6. The molecule has 0 radical (unpaired) electrons. The Bertz CT molecular complexity index is 1190. The highest BCUT2D eigenvalue weighted by atomic mass is 19.1. The van der Waals surface area contributed by atoms with E-state index in [4.69, 9.17) is 11.2 Å². The lowest BCUT2D eigenvalue weighted by atomic mass is 9.70. The molecule has 1 aliphatic carbocycles. The second-order valence-corrected chi connectivity index (χ2v) is 12.3. The van der Waals surface area contributed by atoms with Crippen molar-refractivity contribution >= 4 is 18.0 Å². The highest BCUT2D eigenvalue weighted by Crippen LogP contribution is 2.41. The number of nitrogens with zero attached hydrogens (tertiary/aromatic N) is 4. The Balaban J connectivity index is 0.00000298. The number of benzene rings is 1. The molecular formula is C37H57FN4O3. The first-order valence-corrected chi connectivity index (χ1v) is 15.9. The van der Waals surface area contributed by atoms with Gasteiger partial charge >= 0.3 is 6.09 Å². The number of hydrogen-bond donors (Lipinski definition) is 1. The van der Waals surface area contributed by atoms with E-state index in [2.05, 4.69) is 54.9 Å². The second kappa shape index (κ2) is 22.0. The van der Waals surface area contributed by atoms with Gasteiger partial charge in [-0.05, 0) is 88.5 Å². The van der Waals surface area contributed by atoms with Gasteiger partial charge in [0, 0.05) is 44.0 Å². The number of anilines is 1. The lowest BCUT2D eigenvalue weighted by Gasteiger charge is -2.42. The predicted octanol–water partition coefficient (Wildman–Crippen LogP) is 8.96. The molecule has 0 heterocycles. The van der Waals surface area contributed by atoms with Gasteiger partial charge in [0.2, 0.25) is 0 Å². The van der Waals surface area contributed by atoms with Crippen LogP contribution in [0.2, 0.25) is 0 Å². The highest BCUT2D eigenvalue weighted by molar-refractivity contribution is 5.71. The summed E-state index contributed by atoms with van der Waals surface area (Å²) in [7, 11) is 1.90. The van der Waals surface area contributed by atoms with Gasteiger partial charge in [0.05, 0.1) is 31.5 Å². The minimum atomic E-state index is -0.869. The maximum Gasteiger partial charge on any atom is 0.415 e. The lowest BCUT2D eigenvalue weighted by molar-refractivity contribution is 0.0896. The topological polar surface area (TPSA) is 89.2 Å². The standard InChI is InChI=1S/C32H48N4O3.C4H6.CH3F/c1-8-10-11-19-35(28-20-26(22-33)15-14-25(28)3)24-32(6)16-12-13-27(21-32)23-36(30(37)39-7)29(9-2)34-18-17-31(4,5)38;1-3-4-2;1-2/h9,11,14-15,18-20,27,38H,8,10,12-13,16-17,21,23-24H2,1-7H3;1H,4H2,2H3;1H3/b19-11+,29-9+,34-18-;;. The summed E-state index contributed by atoms with van der Waals surface area (Å²) >= 11 is 0. The van der Waals surface area contributed by atoms with Gasteiger partial charge in [0.15, 0.2) is 0 Å². The number of amides is 1. The Kier molecular flexibility index (Phi) is 20.2. The monoisotopic (exact) mass is 624 g/mol. The van der Waals surface area contributed by atoms with Gasteiger partial charge in [0.25, 0.3) is 0 Å². The summed E-state index contributed by atoms with van der Waals surface area (Å²) in [5, 5.41) is 19.6. The largest absolute Gasteiger partial charge is 0.452 e. The van der Waals surface area contributed by atoms with E-state index < -0.39 is 11.7 Å². The van der Waals surface area contributed by atoms with Crippen molar-refractivity contribution in [2.75, 3.05) is 32.3 Å². The molecular weight excluding hydrogens is 567 g/mol. The molecule has 2 unspecified atom stereocenters. The summed E-state index contributed by atoms with van der Waals surface area (Å²) in [6, 6.07) is 8.16. The summed E-state index contributed by atoms with van der Waals surface area (Å²) in [6.45, 7) is 15.2. The molecule has 0 spiro atoms. The van der Waals surface area contributed by atoms with E-state index in [1.807, 2.05) is 38.1 Å². The van der Waals surface area contributed by atoms with Gasteiger partial charge in [-0.25, -0.2) is 9.79 Å². The Morgan fingerprint density at radius 3 is 2.53 bits per heavy atom. The molecule has 0 saturated heterocycles. The number of nitriles is 1. The average molecular weight is 625 g/mol. The van der Waals surface area contributed by atoms with Crippen molar-refractivity contribution in [3.8, 4) is 18.4 Å². The number of halogens is 1. The van der Waals surface area contributed by atoms with Crippen LogP contribution in [0.3, 0.4) is 0 Å². The molecule has 250 valence electrons. The van der Waals surface area contributed by atoms with E-state index in [0.29, 0.717) is 31.5 Å². The van der Waals surface area contributed by atoms with Crippen LogP contribution in [0.25, 0.3) is 0 Å². The Morgan fingerprint density at radius 1 is 1.33 bits per heavy atom. The SMILES string of the molecule is C#CCC.C/C=C(\N=C/CC(C)(C)O)N(CC1CCCC(C)(CN(/C=C/CCC)c2cc(C#N)ccc2C)C1)C(=O)OC.CF. The lowest BCUT2D eigenvalue weighted by Crippen LogP contribution is -2.41. The number of unbranched alkanes of at least 4 members (excludes halogenated alkanes) is 1. The van der Waals surface area contributed by atoms with Crippen molar-refractivity contribution in [2.45, 2.75) is 105 Å². The number of methoxy groups -OCH3 is 1. The van der Waals surface area contributed by atoms with Crippen molar-refractivity contribution in [1.82, 2.24) is 4.90 Å². The average Bonchev–Trinajstić information content (AvgIpc) is 3.02. The molecule has 0 aliphatic heterocycles. The number of aliphatic hydroxyl groups is 1. The fourth-order valence-corrected chi connectivity index (χ4v) is 5.30. The zero-order valence-corrected chi connectivity index (χ0v) is 29.2. The first kappa shape index (κ1) is 41.4. The first-order valence-electron chi connectivity index (χ1n) is 15.9. The molecule has 8 heteroatoms. The first-order chi connectivity index (χ1) is 21.4. The van der Waals surface area contributed by atoms with E-state index in [-0.39, 0.29) is 11.3 Å². The molecule has 0 bridgehead atoms. The number of alkyl halides is 1. The summed E-state index contributed by atoms with van der Waals surface area (Å²) in [5.74, 6) is 3.25. The molecule has 45 heavy (non-hydrogen) atoms. The zero-order chi connectivity index (χ0) is 34.5. The second-order valence-electron chi connectivity index (χ2n) is 12.3. The van der Waals surface area contributed by atoms with Crippen molar-refractivity contribution in [2.24, 2.45) is 16.3 Å². The van der Waals surface area contributed by atoms with Crippen molar-refractivity contribution < 1.29 is 19.0 Å². The van der Waals surface area contributed by atoms with Gasteiger partial charge in [-0.15, -0.1) is 12.3 Å². The van der Waals surface area contributed by atoms with Gasteiger partial charge in [-0.2, -0.15) is 5.26 Å². The molecule has 2 atom stereocenters. The molecule has 1 aromatic carbocycles. The third-order valence-electron chi connectivity index (χ3n) is 7.50. The number of aryl methyl sites for hydroxylation is 1. The molecule has 1 N–H and O–H groups in total. The molecule has 1 fully saturated rings. The van der Waals surface area contributed by atoms with Crippen LogP contribution in [0.5, 0.6) is 0 Å². The summed E-state index contributed by atoms with van der Waals surface area (Å²) < 4.78 is 14.6. The third kappa shape index (κ3) is 15.8. The van der Waals surface area contributed by atoms with Crippen LogP contribution in [0.15, 0.2) is 47.4 Å². The quantitative estimate of drug-likeness (QED) is 0.185. The smallest absolute Gasteiger partial charge is 0.415 e. The van der Waals surface area contributed by atoms with Crippen LogP contribution in [-0.4, -0.2) is 55.3 Å². The van der Waals surface area contributed by atoms with Crippen LogP contribution in [0.1, 0.15) is 104 Å². The summed E-state index contributed by atoms with van der Waals surface area (Å²) in [5.41, 5.74) is 2.03. The normalized spacial score (nSPS) is 18.2. The zero-order valence-electron chi connectivity index (χ0n) is 29.2. The highest BCUT2D eigenvalue weighted by Gasteiger charge is 2.36. The minimum absolute atomic E-state index is 0.0244. The van der Waals surface area contributed by atoms with Gasteiger partial charge in [-0.3, -0.25) is 9.29 Å². The van der Waals surface area contributed by atoms with Gasteiger partial charge < -0.3 is 14.7 Å². The van der Waals surface area contributed by atoms with Crippen molar-refractivity contribution in [1.29, 1.82) is 5.26 Å². The maximum atomic E-state index is 12.8.